The Morgan fingerprint density at radius 3 is 2.56 bits per heavy atom. The number of halogens is 1. The molecule has 3 heteroatoms. The molecule has 1 aromatic heterocycles. The molecule has 1 N–H and O–H groups in total. The molecular formula is C6H6BrOS. The second kappa shape index (κ2) is 2.82. The van der Waals surface area contributed by atoms with Crippen molar-refractivity contribution in [3.63, 3.8) is 0 Å². The number of hydrogen-bond acceptors (Lipinski definition) is 2. The summed E-state index contributed by atoms with van der Waals surface area (Å²) >= 11 is 4.78. The molecular weight excluding hydrogens is 200 g/mol. The van der Waals surface area contributed by atoms with Gasteiger partial charge in [0.15, 0.2) is 0 Å². The van der Waals surface area contributed by atoms with Gasteiger partial charge in [-0.2, -0.15) is 0 Å². The maximum absolute atomic E-state index is 8.92. The van der Waals surface area contributed by atoms with Gasteiger partial charge >= 0.3 is 0 Å². The summed E-state index contributed by atoms with van der Waals surface area (Å²) in [5, 5.41) is 8.92. The van der Waals surface area contributed by atoms with Crippen LogP contribution in [0.15, 0.2) is 15.9 Å². The first-order valence-electron chi connectivity index (χ1n) is 2.46. The SMILES string of the molecule is [CH2]C(O)c1ccc(Br)s1. The predicted octanol–water partition coefficient (Wildman–Crippen LogP) is 2.38. The van der Waals surface area contributed by atoms with Crippen LogP contribution in [0.2, 0.25) is 0 Å². The Morgan fingerprint density at radius 1 is 1.67 bits per heavy atom. The molecule has 1 rings (SSSR count). The third kappa shape index (κ3) is 1.78. The second-order valence-electron chi connectivity index (χ2n) is 1.66. The lowest BCUT2D eigenvalue weighted by Crippen LogP contribution is -1.83. The Morgan fingerprint density at radius 2 is 2.33 bits per heavy atom. The van der Waals surface area contributed by atoms with Crippen LogP contribution in [0.25, 0.3) is 0 Å². The van der Waals surface area contributed by atoms with E-state index in [1.807, 2.05) is 12.1 Å². The highest BCUT2D eigenvalue weighted by molar-refractivity contribution is 9.11. The third-order valence-corrected chi connectivity index (χ3v) is 2.65. The highest BCUT2D eigenvalue weighted by Gasteiger charge is 2.01. The summed E-state index contributed by atoms with van der Waals surface area (Å²) in [5.74, 6) is 0. The van der Waals surface area contributed by atoms with Gasteiger partial charge in [-0.3, -0.25) is 0 Å². The Kier molecular flexibility index (Phi) is 2.27. The van der Waals surface area contributed by atoms with Crippen molar-refractivity contribution in [3.05, 3.63) is 27.7 Å². The zero-order valence-corrected chi connectivity index (χ0v) is 7.08. The highest BCUT2D eigenvalue weighted by Crippen LogP contribution is 2.26. The van der Waals surface area contributed by atoms with E-state index in [-0.39, 0.29) is 0 Å². The first-order chi connectivity index (χ1) is 4.20. The monoisotopic (exact) mass is 205 g/mol. The average Bonchev–Trinajstić information content (AvgIpc) is 2.14. The predicted molar refractivity (Wildman–Crippen MR) is 42.3 cm³/mol. The van der Waals surface area contributed by atoms with Crippen LogP contribution < -0.4 is 0 Å². The minimum Gasteiger partial charge on any atom is -0.388 e. The van der Waals surface area contributed by atoms with Crippen LogP contribution in [0.1, 0.15) is 11.0 Å². The first kappa shape index (κ1) is 7.25. The molecule has 1 aromatic rings. The third-order valence-electron chi connectivity index (χ3n) is 0.922. The minimum absolute atomic E-state index is 0.582. The van der Waals surface area contributed by atoms with Crippen LogP contribution in [0, 0.1) is 6.92 Å². The maximum atomic E-state index is 8.92. The van der Waals surface area contributed by atoms with E-state index in [0.29, 0.717) is 0 Å². The van der Waals surface area contributed by atoms with Crippen LogP contribution in [0.3, 0.4) is 0 Å². The van der Waals surface area contributed by atoms with Gasteiger partial charge in [-0.15, -0.1) is 11.3 Å². The maximum Gasteiger partial charge on any atom is 0.0883 e. The van der Waals surface area contributed by atoms with Gasteiger partial charge in [-0.1, -0.05) is 0 Å². The standard InChI is InChI=1S/C6H6BrOS/c1-4(8)5-2-3-6(7)9-5/h2-4,8H,1H2. The molecule has 1 nitrogen and oxygen atoms in total. The van der Waals surface area contributed by atoms with Gasteiger partial charge in [-0.05, 0) is 35.0 Å². The van der Waals surface area contributed by atoms with Crippen molar-refractivity contribution >= 4 is 27.3 Å². The summed E-state index contributed by atoms with van der Waals surface area (Å²) in [6.07, 6.45) is -0.582. The van der Waals surface area contributed by atoms with Crippen LogP contribution in [-0.2, 0) is 0 Å². The van der Waals surface area contributed by atoms with Crippen molar-refractivity contribution in [2.45, 2.75) is 6.10 Å². The molecule has 0 aliphatic rings. The Labute approximate surface area is 66.5 Å². The number of aliphatic hydroxyl groups excluding tert-OH is 1. The Bertz CT molecular complexity index is 195. The summed E-state index contributed by atoms with van der Waals surface area (Å²) in [6.45, 7) is 3.47. The lowest BCUT2D eigenvalue weighted by atomic mass is 10.3. The van der Waals surface area contributed by atoms with E-state index in [9.17, 15) is 0 Å². The van der Waals surface area contributed by atoms with Gasteiger partial charge in [0.2, 0.25) is 0 Å². The van der Waals surface area contributed by atoms with Gasteiger partial charge in [0.1, 0.15) is 0 Å². The van der Waals surface area contributed by atoms with Crippen LogP contribution in [-0.4, -0.2) is 5.11 Å². The lowest BCUT2D eigenvalue weighted by molar-refractivity contribution is 0.230. The van der Waals surface area contributed by atoms with E-state index in [2.05, 4.69) is 22.9 Å². The molecule has 1 radical (unpaired) electrons. The summed E-state index contributed by atoms with van der Waals surface area (Å²) in [4.78, 5) is 0.891. The van der Waals surface area contributed by atoms with Gasteiger partial charge in [0.25, 0.3) is 0 Å². The number of aliphatic hydroxyl groups is 1. The number of hydrogen-bond donors (Lipinski definition) is 1. The van der Waals surface area contributed by atoms with Crippen LogP contribution >= 0.6 is 27.3 Å². The molecule has 0 aliphatic carbocycles. The lowest BCUT2D eigenvalue weighted by Gasteiger charge is -1.95. The molecule has 0 aliphatic heterocycles. The van der Waals surface area contributed by atoms with Crippen molar-refractivity contribution in [2.75, 3.05) is 0 Å². The zero-order chi connectivity index (χ0) is 6.85. The fourth-order valence-electron chi connectivity index (χ4n) is 0.507. The molecule has 0 saturated carbocycles. The molecule has 1 unspecified atom stereocenters. The second-order valence-corrected chi connectivity index (χ2v) is 4.15. The molecule has 1 heterocycles. The molecule has 0 saturated heterocycles. The summed E-state index contributed by atoms with van der Waals surface area (Å²) in [6, 6.07) is 3.75. The Balaban J connectivity index is 2.85. The fraction of sp³-hybridized carbons (Fsp3) is 0.167. The van der Waals surface area contributed by atoms with Crippen molar-refractivity contribution in [3.8, 4) is 0 Å². The molecule has 0 spiro atoms. The van der Waals surface area contributed by atoms with E-state index >= 15 is 0 Å². The average molecular weight is 206 g/mol. The smallest absolute Gasteiger partial charge is 0.0883 e. The van der Waals surface area contributed by atoms with E-state index in [1.54, 1.807) is 0 Å². The van der Waals surface area contributed by atoms with Gasteiger partial charge in [0.05, 0.1) is 9.89 Å². The van der Waals surface area contributed by atoms with Crippen molar-refractivity contribution in [1.82, 2.24) is 0 Å². The molecule has 0 bridgehead atoms. The van der Waals surface area contributed by atoms with E-state index in [4.69, 9.17) is 5.11 Å². The van der Waals surface area contributed by atoms with Crippen molar-refractivity contribution in [1.29, 1.82) is 0 Å². The molecule has 0 aromatic carbocycles. The normalized spacial score (nSPS) is 13.7. The largest absolute Gasteiger partial charge is 0.388 e. The van der Waals surface area contributed by atoms with Crippen molar-refractivity contribution in [2.24, 2.45) is 0 Å². The minimum atomic E-state index is -0.582. The molecule has 49 valence electrons. The van der Waals surface area contributed by atoms with E-state index in [0.717, 1.165) is 8.66 Å². The fourth-order valence-corrected chi connectivity index (χ4v) is 1.83. The topological polar surface area (TPSA) is 20.2 Å². The summed E-state index contributed by atoms with van der Waals surface area (Å²) in [5.41, 5.74) is 0. The van der Waals surface area contributed by atoms with Crippen LogP contribution in [0.4, 0.5) is 0 Å². The molecule has 1 atom stereocenters. The molecule has 9 heavy (non-hydrogen) atoms. The quantitative estimate of drug-likeness (QED) is 0.747. The van der Waals surface area contributed by atoms with Gasteiger partial charge in [-0.25, -0.2) is 0 Å². The zero-order valence-electron chi connectivity index (χ0n) is 4.67. The van der Waals surface area contributed by atoms with Crippen LogP contribution in [0.5, 0.6) is 0 Å². The summed E-state index contributed by atoms with van der Waals surface area (Å²) in [7, 11) is 0. The van der Waals surface area contributed by atoms with Gasteiger partial charge in [0, 0.05) is 4.88 Å². The highest BCUT2D eigenvalue weighted by atomic mass is 79.9. The summed E-state index contributed by atoms with van der Waals surface area (Å²) < 4.78 is 1.03. The first-order valence-corrected chi connectivity index (χ1v) is 4.07. The Hall–Kier alpha value is 0.140. The molecule has 0 amide bonds. The van der Waals surface area contributed by atoms with Crippen molar-refractivity contribution < 1.29 is 5.11 Å². The van der Waals surface area contributed by atoms with E-state index < -0.39 is 6.10 Å². The van der Waals surface area contributed by atoms with Gasteiger partial charge < -0.3 is 5.11 Å². The number of thiophene rings is 1. The molecule has 0 fully saturated rings. The number of rotatable bonds is 1. The van der Waals surface area contributed by atoms with E-state index in [1.165, 1.54) is 11.3 Å².